The lowest BCUT2D eigenvalue weighted by atomic mass is 10.2. The molecule has 0 aromatic heterocycles. The highest BCUT2D eigenvalue weighted by Crippen LogP contribution is 2.13. The summed E-state index contributed by atoms with van der Waals surface area (Å²) in [4.78, 5) is 12.0. The van der Waals surface area contributed by atoms with E-state index in [0.717, 1.165) is 5.75 Å². The summed E-state index contributed by atoms with van der Waals surface area (Å²) in [5.74, 6) is 5.92. The Morgan fingerprint density at radius 1 is 1.13 bits per heavy atom. The molecule has 0 aliphatic heterocycles. The first-order chi connectivity index (χ1) is 11.0. The summed E-state index contributed by atoms with van der Waals surface area (Å²) in [6, 6.07) is 12.8. The van der Waals surface area contributed by atoms with E-state index < -0.39 is 0 Å². The maximum atomic E-state index is 12.8. The van der Waals surface area contributed by atoms with Gasteiger partial charge in [0, 0.05) is 11.1 Å². The molecule has 1 amide bonds. The van der Waals surface area contributed by atoms with Gasteiger partial charge < -0.3 is 10.1 Å². The third kappa shape index (κ3) is 5.48. The van der Waals surface area contributed by atoms with Crippen LogP contribution in [-0.2, 0) is 0 Å². The Morgan fingerprint density at radius 2 is 1.78 bits per heavy atom. The fourth-order valence-corrected chi connectivity index (χ4v) is 1.86. The zero-order valence-electron chi connectivity index (χ0n) is 13.1. The molecule has 0 radical (unpaired) electrons. The lowest BCUT2D eigenvalue weighted by molar-refractivity contribution is 0.0958. The minimum Gasteiger partial charge on any atom is -0.491 e. The minimum absolute atomic E-state index is 0.0939. The van der Waals surface area contributed by atoms with Crippen molar-refractivity contribution >= 4 is 5.91 Å². The van der Waals surface area contributed by atoms with Crippen molar-refractivity contribution < 1.29 is 13.9 Å². The van der Waals surface area contributed by atoms with Crippen LogP contribution in [0.5, 0.6) is 5.75 Å². The molecule has 2 aromatic carbocycles. The van der Waals surface area contributed by atoms with Gasteiger partial charge in [0.05, 0.1) is 12.6 Å². The molecule has 0 atom stereocenters. The van der Waals surface area contributed by atoms with Gasteiger partial charge >= 0.3 is 0 Å². The molecule has 0 bridgehead atoms. The second-order valence-electron chi connectivity index (χ2n) is 5.18. The minimum atomic E-state index is -0.297. The molecular formula is C19H18FNO2. The Labute approximate surface area is 135 Å². The van der Waals surface area contributed by atoms with Gasteiger partial charge in [0.1, 0.15) is 11.6 Å². The molecule has 0 saturated carbocycles. The SMILES string of the molecule is CC(C)Oc1ccc(C(=O)NCC#Cc2ccc(F)cc2)cc1. The number of ether oxygens (including phenoxy) is 1. The van der Waals surface area contributed by atoms with Gasteiger partial charge in [-0.25, -0.2) is 4.39 Å². The van der Waals surface area contributed by atoms with E-state index >= 15 is 0 Å². The van der Waals surface area contributed by atoms with Gasteiger partial charge in [-0.15, -0.1) is 0 Å². The van der Waals surface area contributed by atoms with Crippen molar-refractivity contribution in [3.8, 4) is 17.6 Å². The molecule has 23 heavy (non-hydrogen) atoms. The lowest BCUT2D eigenvalue weighted by Crippen LogP contribution is -2.23. The summed E-state index contributed by atoms with van der Waals surface area (Å²) in [6.07, 6.45) is 0.0939. The van der Waals surface area contributed by atoms with Crippen LogP contribution in [0.3, 0.4) is 0 Å². The lowest BCUT2D eigenvalue weighted by Gasteiger charge is -2.09. The van der Waals surface area contributed by atoms with Gasteiger partial charge in [0.15, 0.2) is 0 Å². The van der Waals surface area contributed by atoms with Crippen LogP contribution in [0.1, 0.15) is 29.8 Å². The van der Waals surface area contributed by atoms with E-state index in [2.05, 4.69) is 17.2 Å². The number of hydrogen-bond donors (Lipinski definition) is 1. The Balaban J connectivity index is 1.86. The zero-order valence-corrected chi connectivity index (χ0v) is 13.1. The fourth-order valence-electron chi connectivity index (χ4n) is 1.86. The van der Waals surface area contributed by atoms with E-state index in [-0.39, 0.29) is 24.4 Å². The highest BCUT2D eigenvalue weighted by Gasteiger charge is 2.04. The average Bonchev–Trinajstić information content (AvgIpc) is 2.53. The standard InChI is InChI=1S/C19H18FNO2/c1-14(2)23-18-11-7-16(8-12-18)19(22)21-13-3-4-15-5-9-17(20)10-6-15/h5-12,14H,13H2,1-2H3,(H,21,22). The molecule has 2 rings (SSSR count). The smallest absolute Gasteiger partial charge is 0.252 e. The Hall–Kier alpha value is -2.80. The number of rotatable bonds is 4. The summed E-state index contributed by atoms with van der Waals surface area (Å²) in [5.41, 5.74) is 1.25. The van der Waals surface area contributed by atoms with Gasteiger partial charge in [-0.1, -0.05) is 11.8 Å². The molecule has 1 N–H and O–H groups in total. The van der Waals surface area contributed by atoms with Crippen molar-refractivity contribution in [2.24, 2.45) is 0 Å². The maximum Gasteiger partial charge on any atom is 0.252 e. The van der Waals surface area contributed by atoms with Crippen LogP contribution in [0.25, 0.3) is 0 Å². The molecule has 118 valence electrons. The van der Waals surface area contributed by atoms with Crippen LogP contribution in [0, 0.1) is 17.7 Å². The second-order valence-corrected chi connectivity index (χ2v) is 5.18. The summed E-state index contributed by atoms with van der Waals surface area (Å²) < 4.78 is 18.3. The molecule has 0 unspecified atom stereocenters. The molecule has 0 aliphatic rings. The highest BCUT2D eigenvalue weighted by molar-refractivity contribution is 5.94. The van der Waals surface area contributed by atoms with Crippen LogP contribution in [-0.4, -0.2) is 18.6 Å². The summed E-state index contributed by atoms with van der Waals surface area (Å²) in [5, 5.41) is 2.71. The molecule has 0 spiro atoms. The van der Waals surface area contributed by atoms with Gasteiger partial charge in [-0.05, 0) is 62.4 Å². The summed E-state index contributed by atoms with van der Waals surface area (Å²) >= 11 is 0. The fraction of sp³-hybridized carbons (Fsp3) is 0.211. The largest absolute Gasteiger partial charge is 0.491 e. The first-order valence-corrected chi connectivity index (χ1v) is 7.34. The van der Waals surface area contributed by atoms with E-state index in [1.807, 2.05) is 13.8 Å². The molecule has 0 fully saturated rings. The monoisotopic (exact) mass is 311 g/mol. The topological polar surface area (TPSA) is 38.3 Å². The van der Waals surface area contributed by atoms with Crippen molar-refractivity contribution in [3.63, 3.8) is 0 Å². The van der Waals surface area contributed by atoms with Crippen molar-refractivity contribution in [1.29, 1.82) is 0 Å². The first-order valence-electron chi connectivity index (χ1n) is 7.34. The normalized spacial score (nSPS) is 9.91. The van der Waals surface area contributed by atoms with Crippen molar-refractivity contribution in [3.05, 3.63) is 65.5 Å². The van der Waals surface area contributed by atoms with Gasteiger partial charge in [0.2, 0.25) is 0 Å². The Bertz CT molecular complexity index is 710. The average molecular weight is 311 g/mol. The van der Waals surface area contributed by atoms with Crippen LogP contribution in [0.2, 0.25) is 0 Å². The quantitative estimate of drug-likeness (QED) is 0.879. The van der Waals surface area contributed by atoms with Crippen LogP contribution >= 0.6 is 0 Å². The number of amides is 1. The molecule has 0 aliphatic carbocycles. The van der Waals surface area contributed by atoms with Crippen molar-refractivity contribution in [2.75, 3.05) is 6.54 Å². The number of hydrogen-bond acceptors (Lipinski definition) is 2. The number of halogens is 1. The van der Waals surface area contributed by atoms with E-state index in [9.17, 15) is 9.18 Å². The summed E-state index contributed by atoms with van der Waals surface area (Å²) in [7, 11) is 0. The van der Waals surface area contributed by atoms with E-state index in [4.69, 9.17) is 4.74 Å². The van der Waals surface area contributed by atoms with Crippen molar-refractivity contribution in [1.82, 2.24) is 5.32 Å². The third-order valence-electron chi connectivity index (χ3n) is 2.90. The molecule has 4 heteroatoms. The van der Waals surface area contributed by atoms with E-state index in [1.54, 1.807) is 36.4 Å². The molecular weight excluding hydrogens is 293 g/mol. The number of carbonyl (C=O) groups is 1. The number of nitrogens with one attached hydrogen (secondary N) is 1. The van der Waals surface area contributed by atoms with Gasteiger partial charge in [0.25, 0.3) is 5.91 Å². The number of benzene rings is 2. The Morgan fingerprint density at radius 3 is 2.39 bits per heavy atom. The molecule has 0 heterocycles. The van der Waals surface area contributed by atoms with Crippen LogP contribution in [0.15, 0.2) is 48.5 Å². The van der Waals surface area contributed by atoms with Gasteiger partial charge in [-0.2, -0.15) is 0 Å². The molecule has 3 nitrogen and oxygen atoms in total. The zero-order chi connectivity index (χ0) is 16.7. The maximum absolute atomic E-state index is 12.8. The van der Waals surface area contributed by atoms with E-state index in [1.165, 1.54) is 12.1 Å². The Kier molecular flexibility index (Phi) is 5.76. The molecule has 0 saturated heterocycles. The van der Waals surface area contributed by atoms with Crippen molar-refractivity contribution in [2.45, 2.75) is 20.0 Å². The number of carbonyl (C=O) groups excluding carboxylic acids is 1. The van der Waals surface area contributed by atoms with E-state index in [0.29, 0.717) is 11.1 Å². The second kappa shape index (κ2) is 8.00. The first kappa shape index (κ1) is 16.6. The van der Waals surface area contributed by atoms with Crippen LogP contribution < -0.4 is 10.1 Å². The molecule has 2 aromatic rings. The predicted octanol–water partition coefficient (Wildman–Crippen LogP) is 3.39. The predicted molar refractivity (Wildman–Crippen MR) is 87.8 cm³/mol. The summed E-state index contributed by atoms with van der Waals surface area (Å²) in [6.45, 7) is 4.11. The highest BCUT2D eigenvalue weighted by atomic mass is 19.1. The van der Waals surface area contributed by atoms with Gasteiger partial charge in [-0.3, -0.25) is 4.79 Å². The van der Waals surface area contributed by atoms with Crippen LogP contribution in [0.4, 0.5) is 4.39 Å². The third-order valence-corrected chi connectivity index (χ3v) is 2.90.